The molecule has 1 heterocycles. The maximum absolute atomic E-state index is 13.3. The molecule has 1 aliphatic rings. The molecule has 1 atom stereocenters. The van der Waals surface area contributed by atoms with Crippen molar-refractivity contribution < 1.29 is 28.7 Å². The molecule has 182 valence electrons. The van der Waals surface area contributed by atoms with Gasteiger partial charge in [-0.2, -0.15) is 0 Å². The molecule has 0 aliphatic carbocycles. The van der Waals surface area contributed by atoms with Crippen LogP contribution in [0.5, 0.6) is 11.5 Å². The molecule has 1 N–H and O–H groups in total. The minimum atomic E-state index is -0.964. The predicted molar refractivity (Wildman–Crippen MR) is 124 cm³/mol. The van der Waals surface area contributed by atoms with Gasteiger partial charge in [0.15, 0.2) is 5.78 Å². The Labute approximate surface area is 196 Å². The van der Waals surface area contributed by atoms with Gasteiger partial charge in [0.1, 0.15) is 17.5 Å². The fourth-order valence-corrected chi connectivity index (χ4v) is 3.74. The Morgan fingerprint density at radius 1 is 1.06 bits per heavy atom. The first-order chi connectivity index (χ1) is 15.1. The first-order valence-corrected chi connectivity index (χ1v) is 11.1. The van der Waals surface area contributed by atoms with Gasteiger partial charge in [-0.15, -0.1) is 0 Å². The second kappa shape index (κ2) is 9.93. The number of ketones is 1. The lowest BCUT2D eigenvalue weighted by atomic mass is 9.79. The number of benzene rings is 1. The maximum Gasteiger partial charge on any atom is 0.334 e. The predicted octanol–water partition coefficient (Wildman–Crippen LogP) is 2.89. The van der Waals surface area contributed by atoms with Crippen LogP contribution in [0, 0.1) is 0 Å². The monoisotopic (exact) mass is 460 g/mol. The van der Waals surface area contributed by atoms with Crippen LogP contribution in [0.1, 0.15) is 72.4 Å². The summed E-state index contributed by atoms with van der Waals surface area (Å²) >= 11 is 0. The first kappa shape index (κ1) is 26.4. The minimum Gasteiger partial charge on any atom is -0.497 e. The Balaban J connectivity index is 2.40. The number of carbonyl (C=O) groups excluding carboxylic acids is 4. The van der Waals surface area contributed by atoms with Crippen molar-refractivity contribution in [2.24, 2.45) is 0 Å². The summed E-state index contributed by atoms with van der Waals surface area (Å²) in [7, 11) is 1.59. The van der Waals surface area contributed by atoms with Gasteiger partial charge in [0.05, 0.1) is 20.1 Å². The molecule has 0 spiro atoms. The summed E-state index contributed by atoms with van der Waals surface area (Å²) in [6, 6.07) is 2.76. The number of hydrogen-bond donors (Lipinski definition) is 1. The smallest absolute Gasteiger partial charge is 0.334 e. The van der Waals surface area contributed by atoms with Crippen molar-refractivity contribution in [2.75, 3.05) is 20.2 Å². The lowest BCUT2D eigenvalue weighted by Gasteiger charge is -2.30. The highest BCUT2D eigenvalue weighted by molar-refractivity contribution is 6.05. The average molecular weight is 461 g/mol. The van der Waals surface area contributed by atoms with Gasteiger partial charge >= 0.3 is 5.97 Å². The van der Waals surface area contributed by atoms with Crippen molar-refractivity contribution in [3.05, 3.63) is 23.3 Å². The van der Waals surface area contributed by atoms with Gasteiger partial charge in [-0.25, -0.2) is 4.79 Å². The van der Waals surface area contributed by atoms with Crippen molar-refractivity contribution in [3.8, 4) is 11.5 Å². The average Bonchev–Trinajstić information content (AvgIpc) is 3.00. The van der Waals surface area contributed by atoms with Gasteiger partial charge in [0.25, 0.3) is 0 Å². The third-order valence-corrected chi connectivity index (χ3v) is 5.53. The second-order valence-electron chi connectivity index (χ2n) is 10.5. The maximum atomic E-state index is 13.3. The zero-order valence-electron chi connectivity index (χ0n) is 21.0. The normalized spacial score (nSPS) is 15.5. The number of rotatable bonds is 7. The summed E-state index contributed by atoms with van der Waals surface area (Å²) in [4.78, 5) is 49.9. The molecule has 8 nitrogen and oxygen atoms in total. The van der Waals surface area contributed by atoms with Gasteiger partial charge in [0, 0.05) is 24.6 Å². The summed E-state index contributed by atoms with van der Waals surface area (Å²) in [5, 5.41) is 2.63. The van der Waals surface area contributed by atoms with Crippen LogP contribution in [0.3, 0.4) is 0 Å². The van der Waals surface area contributed by atoms with Crippen molar-refractivity contribution in [3.63, 3.8) is 0 Å². The number of carbonyl (C=O) groups is 4. The van der Waals surface area contributed by atoms with Crippen molar-refractivity contribution in [2.45, 2.75) is 78.2 Å². The van der Waals surface area contributed by atoms with Crippen LogP contribution >= 0.6 is 0 Å². The molecule has 1 saturated heterocycles. The van der Waals surface area contributed by atoms with E-state index in [9.17, 15) is 19.2 Å². The highest BCUT2D eigenvalue weighted by Crippen LogP contribution is 2.42. The molecule has 33 heavy (non-hydrogen) atoms. The minimum absolute atomic E-state index is 0.0293. The van der Waals surface area contributed by atoms with E-state index in [0.29, 0.717) is 11.5 Å². The van der Waals surface area contributed by atoms with Gasteiger partial charge in [-0.1, -0.05) is 41.5 Å². The van der Waals surface area contributed by atoms with Crippen molar-refractivity contribution >= 4 is 23.6 Å². The third kappa shape index (κ3) is 6.79. The molecular formula is C25H36N2O6. The van der Waals surface area contributed by atoms with E-state index in [1.54, 1.807) is 7.11 Å². The molecule has 2 rings (SSSR count). The number of esters is 1. The van der Waals surface area contributed by atoms with Gasteiger partial charge < -0.3 is 19.7 Å². The lowest BCUT2D eigenvalue weighted by Crippen LogP contribution is -2.44. The molecule has 1 aromatic carbocycles. The summed E-state index contributed by atoms with van der Waals surface area (Å²) < 4.78 is 11.5. The molecule has 1 aromatic rings. The number of likely N-dealkylation sites (tertiary alicyclic amines) is 1. The number of nitrogens with zero attached hydrogens (tertiary/aromatic N) is 1. The summed E-state index contributed by atoms with van der Waals surface area (Å²) in [6.07, 6.45) is 0.0221. The zero-order valence-corrected chi connectivity index (χ0v) is 21.0. The van der Waals surface area contributed by atoms with Gasteiger partial charge in [0.2, 0.25) is 11.8 Å². The SMILES string of the molecule is COc1cc(C(C)(C)C)c(OC(=O)C(CCN2CC(=O)CC2=O)NC(C)=O)c(C(C)(C)C)c1. The van der Waals surface area contributed by atoms with E-state index in [0.717, 1.165) is 11.1 Å². The third-order valence-electron chi connectivity index (χ3n) is 5.53. The van der Waals surface area contributed by atoms with Crippen LogP contribution in [0.25, 0.3) is 0 Å². The molecule has 1 unspecified atom stereocenters. The highest BCUT2D eigenvalue weighted by Gasteiger charge is 2.33. The molecule has 0 bridgehead atoms. The quantitative estimate of drug-likeness (QED) is 0.381. The molecule has 1 aliphatic heterocycles. The zero-order chi connectivity index (χ0) is 25.1. The Hall–Kier alpha value is -2.90. The number of ether oxygens (including phenoxy) is 2. The first-order valence-electron chi connectivity index (χ1n) is 11.1. The number of nitrogens with one attached hydrogen (secondary N) is 1. The van der Waals surface area contributed by atoms with Crippen LogP contribution in [0.15, 0.2) is 12.1 Å². The fourth-order valence-electron chi connectivity index (χ4n) is 3.74. The van der Waals surface area contributed by atoms with Crippen molar-refractivity contribution in [1.29, 1.82) is 0 Å². The van der Waals surface area contributed by atoms with Crippen LogP contribution in [-0.2, 0) is 30.0 Å². The molecule has 0 radical (unpaired) electrons. The van der Waals surface area contributed by atoms with E-state index in [1.807, 2.05) is 53.7 Å². The number of hydrogen-bond acceptors (Lipinski definition) is 6. The van der Waals surface area contributed by atoms with E-state index < -0.39 is 12.0 Å². The lowest BCUT2D eigenvalue weighted by molar-refractivity contribution is -0.140. The van der Waals surface area contributed by atoms with Crippen LogP contribution in [-0.4, -0.2) is 54.7 Å². The number of methoxy groups -OCH3 is 1. The van der Waals surface area contributed by atoms with E-state index in [-0.39, 0.29) is 54.4 Å². The molecule has 0 saturated carbocycles. The molecule has 0 aromatic heterocycles. The van der Waals surface area contributed by atoms with Crippen LogP contribution in [0.2, 0.25) is 0 Å². The van der Waals surface area contributed by atoms with Crippen molar-refractivity contribution in [1.82, 2.24) is 10.2 Å². The molecular weight excluding hydrogens is 424 g/mol. The summed E-state index contributed by atoms with van der Waals surface area (Å²) in [5.41, 5.74) is 0.912. The molecule has 1 fully saturated rings. The number of Topliss-reactive ketones (excluding diaryl/α,β-unsaturated/α-hetero) is 1. The topological polar surface area (TPSA) is 102 Å². The van der Waals surface area contributed by atoms with Gasteiger partial charge in [-0.05, 0) is 29.4 Å². The Morgan fingerprint density at radius 2 is 1.61 bits per heavy atom. The highest BCUT2D eigenvalue weighted by atomic mass is 16.5. The molecule has 8 heteroatoms. The largest absolute Gasteiger partial charge is 0.497 e. The van der Waals surface area contributed by atoms with Crippen LogP contribution in [0.4, 0.5) is 0 Å². The van der Waals surface area contributed by atoms with E-state index in [4.69, 9.17) is 9.47 Å². The van der Waals surface area contributed by atoms with E-state index >= 15 is 0 Å². The fraction of sp³-hybridized carbons (Fsp3) is 0.600. The standard InChI is InChI=1S/C25H36N2O6/c1-15(28)26-20(9-10-27-14-16(29)11-21(27)30)23(31)33-22-18(24(2,3)4)12-17(32-8)13-19(22)25(5,6)7/h12-13,20H,9-11,14H2,1-8H3,(H,26,28). The Kier molecular flexibility index (Phi) is 7.93. The van der Waals surface area contributed by atoms with E-state index in [2.05, 4.69) is 5.32 Å². The summed E-state index contributed by atoms with van der Waals surface area (Å²) in [6.45, 7) is 13.6. The second-order valence-corrected chi connectivity index (χ2v) is 10.5. The Bertz CT molecular complexity index is 904. The Morgan fingerprint density at radius 3 is 2.00 bits per heavy atom. The van der Waals surface area contributed by atoms with Gasteiger partial charge in [-0.3, -0.25) is 14.4 Å². The van der Waals surface area contributed by atoms with E-state index in [1.165, 1.54) is 11.8 Å². The summed E-state index contributed by atoms with van der Waals surface area (Å²) in [5.74, 6) is -0.313. The molecule has 2 amide bonds. The number of amides is 2. The van der Waals surface area contributed by atoms with Crippen LogP contribution < -0.4 is 14.8 Å².